The highest BCUT2D eigenvalue weighted by Gasteiger charge is 2.08. The van der Waals surface area contributed by atoms with Crippen LogP contribution in [0.2, 0.25) is 0 Å². The van der Waals surface area contributed by atoms with E-state index in [9.17, 15) is 4.91 Å². The number of hydrogen-bond donors (Lipinski definition) is 1. The van der Waals surface area contributed by atoms with E-state index in [1.165, 1.54) is 18.9 Å². The zero-order valence-corrected chi connectivity index (χ0v) is 7.30. The minimum atomic E-state index is -1.03. The Morgan fingerprint density at radius 3 is 2.91 bits per heavy atom. The summed E-state index contributed by atoms with van der Waals surface area (Å²) in [7, 11) is 1.36. The van der Waals surface area contributed by atoms with Crippen LogP contribution in [-0.2, 0) is 4.74 Å². The van der Waals surface area contributed by atoms with E-state index >= 15 is 0 Å². The summed E-state index contributed by atoms with van der Waals surface area (Å²) in [6, 6.07) is 0. The molecule has 0 aromatic heterocycles. The summed E-state index contributed by atoms with van der Waals surface area (Å²) in [5, 5.41) is 11.6. The summed E-state index contributed by atoms with van der Waals surface area (Å²) in [6.07, 6.45) is 0.0279. The summed E-state index contributed by atoms with van der Waals surface area (Å²) in [5.74, 6) is 0.766. The van der Waals surface area contributed by atoms with Crippen molar-refractivity contribution in [3.63, 3.8) is 0 Å². The van der Waals surface area contributed by atoms with Gasteiger partial charge < -0.3 is 9.84 Å². The molecule has 1 atom stereocenters. The molecule has 1 N–H and O–H groups in total. The molecule has 0 spiro atoms. The zero-order valence-electron chi connectivity index (χ0n) is 6.48. The number of ether oxygens (including phenoxy) is 1. The molecule has 0 aliphatic carbocycles. The van der Waals surface area contributed by atoms with Crippen LogP contribution in [0.25, 0.3) is 0 Å². The van der Waals surface area contributed by atoms with Crippen molar-refractivity contribution in [2.45, 2.75) is 13.2 Å². The number of nitrogens with zero attached hydrogens (tertiary/aromatic N) is 1. The van der Waals surface area contributed by atoms with E-state index in [-0.39, 0.29) is 0 Å². The van der Waals surface area contributed by atoms with Crippen molar-refractivity contribution in [3.05, 3.63) is 16.0 Å². The molecule has 5 heteroatoms. The molecule has 64 valence electrons. The molecule has 11 heavy (non-hydrogen) atoms. The van der Waals surface area contributed by atoms with Gasteiger partial charge in [0, 0.05) is 7.11 Å². The quantitative estimate of drug-likeness (QED) is 0.508. The summed E-state index contributed by atoms with van der Waals surface area (Å²) in [6.45, 7) is 1.91. The number of aliphatic hydroxyl groups excluding tert-OH is 1. The van der Waals surface area contributed by atoms with Gasteiger partial charge in [0.1, 0.15) is 0 Å². The van der Waals surface area contributed by atoms with E-state index in [0.717, 1.165) is 12.0 Å². The second-order valence-electron chi connectivity index (χ2n) is 1.66. The summed E-state index contributed by atoms with van der Waals surface area (Å²) in [5.41, 5.74) is 0. The molecule has 0 fully saturated rings. The first-order valence-electron chi connectivity index (χ1n) is 3.12. The van der Waals surface area contributed by atoms with Gasteiger partial charge in [-0.05, 0) is 10.9 Å². The minimum Gasteiger partial charge on any atom is -0.364 e. The third-order valence-corrected chi connectivity index (χ3v) is 1.89. The van der Waals surface area contributed by atoms with Crippen LogP contribution in [0.5, 0.6) is 0 Å². The first-order valence-corrected chi connectivity index (χ1v) is 4.11. The minimum absolute atomic E-state index is 0.435. The lowest BCUT2D eigenvalue weighted by Crippen LogP contribution is -2.10. The maximum absolute atomic E-state index is 9.80. The lowest BCUT2D eigenvalue weighted by molar-refractivity contribution is -0.0386. The molecule has 0 aromatic rings. The average Bonchev–Trinajstić information content (AvgIpc) is 2.03. The molecule has 0 saturated heterocycles. The van der Waals surface area contributed by atoms with Gasteiger partial charge in [0.2, 0.25) is 0 Å². The number of thioether (sulfide) groups is 1. The van der Waals surface area contributed by atoms with E-state index in [1.54, 1.807) is 0 Å². The summed E-state index contributed by atoms with van der Waals surface area (Å²) in [4.78, 5) is 10.2. The van der Waals surface area contributed by atoms with Crippen molar-refractivity contribution < 1.29 is 9.84 Å². The molecule has 0 amide bonds. The molecule has 4 nitrogen and oxygen atoms in total. The van der Waals surface area contributed by atoms with Crippen LogP contribution in [-0.4, -0.2) is 24.3 Å². The molecular formula is C6H11NO3S. The highest BCUT2D eigenvalue weighted by atomic mass is 32.2. The standard InChI is InChI=1S/C6H11NO3S/c1-3-11-5(4-7-9)6(8)10-2/h4,6,8H,3H2,1-2H3/b5-4-. The van der Waals surface area contributed by atoms with Gasteiger partial charge in [0.25, 0.3) is 0 Å². The molecule has 0 rings (SSSR count). The van der Waals surface area contributed by atoms with E-state index in [1.807, 2.05) is 6.92 Å². The number of aliphatic hydroxyl groups is 1. The van der Waals surface area contributed by atoms with Crippen molar-refractivity contribution in [2.24, 2.45) is 5.18 Å². The third kappa shape index (κ3) is 4.13. The maximum Gasteiger partial charge on any atom is 0.188 e. The molecule has 1 unspecified atom stereocenters. The van der Waals surface area contributed by atoms with E-state index in [0.29, 0.717) is 4.91 Å². The van der Waals surface area contributed by atoms with Gasteiger partial charge in [-0.25, -0.2) is 0 Å². The fourth-order valence-electron chi connectivity index (χ4n) is 0.507. The Hall–Kier alpha value is -0.390. The number of hydrogen-bond acceptors (Lipinski definition) is 5. The molecule has 0 aliphatic rings. The Kier molecular flexibility index (Phi) is 6.10. The second-order valence-corrected chi connectivity index (χ2v) is 3.00. The Labute approximate surface area is 69.6 Å². The molecule has 0 heterocycles. The Morgan fingerprint density at radius 1 is 1.91 bits per heavy atom. The van der Waals surface area contributed by atoms with Gasteiger partial charge in [-0.3, -0.25) is 0 Å². The zero-order chi connectivity index (χ0) is 8.69. The highest BCUT2D eigenvalue weighted by Crippen LogP contribution is 2.19. The van der Waals surface area contributed by atoms with Crippen LogP contribution in [0.15, 0.2) is 16.3 Å². The molecule has 0 saturated carbocycles. The first-order chi connectivity index (χ1) is 5.26. The predicted molar refractivity (Wildman–Crippen MR) is 45.0 cm³/mol. The fraction of sp³-hybridized carbons (Fsp3) is 0.667. The van der Waals surface area contributed by atoms with E-state index in [4.69, 9.17) is 5.11 Å². The Morgan fingerprint density at radius 2 is 2.55 bits per heavy atom. The van der Waals surface area contributed by atoms with Crippen LogP contribution in [0, 0.1) is 4.91 Å². The summed E-state index contributed by atoms with van der Waals surface area (Å²) < 4.78 is 4.58. The lowest BCUT2D eigenvalue weighted by Gasteiger charge is -2.09. The van der Waals surface area contributed by atoms with Crippen molar-refractivity contribution in [1.29, 1.82) is 0 Å². The smallest absolute Gasteiger partial charge is 0.188 e. The number of nitroso groups, excluding NO2 is 1. The average molecular weight is 177 g/mol. The van der Waals surface area contributed by atoms with Gasteiger partial charge >= 0.3 is 0 Å². The molecule has 0 bridgehead atoms. The molecule has 0 aliphatic heterocycles. The predicted octanol–water partition coefficient (Wildman–Crippen LogP) is 1.31. The van der Waals surface area contributed by atoms with Crippen LogP contribution >= 0.6 is 11.8 Å². The molecule has 0 aromatic carbocycles. The van der Waals surface area contributed by atoms with E-state index < -0.39 is 6.29 Å². The topological polar surface area (TPSA) is 58.9 Å². The van der Waals surface area contributed by atoms with Gasteiger partial charge in [-0.15, -0.1) is 16.7 Å². The number of methoxy groups -OCH3 is 1. The van der Waals surface area contributed by atoms with Gasteiger partial charge in [0.15, 0.2) is 6.29 Å². The van der Waals surface area contributed by atoms with Crippen molar-refractivity contribution in [2.75, 3.05) is 12.9 Å². The van der Waals surface area contributed by atoms with Crippen LogP contribution in [0.3, 0.4) is 0 Å². The van der Waals surface area contributed by atoms with Gasteiger partial charge in [-0.2, -0.15) is 0 Å². The number of rotatable bonds is 5. The van der Waals surface area contributed by atoms with Gasteiger partial charge in [-0.1, -0.05) is 6.92 Å². The lowest BCUT2D eigenvalue weighted by atomic mass is 10.6. The van der Waals surface area contributed by atoms with Crippen LogP contribution < -0.4 is 0 Å². The highest BCUT2D eigenvalue weighted by molar-refractivity contribution is 8.03. The Bertz CT molecular complexity index is 149. The first kappa shape index (κ1) is 10.6. The normalized spacial score (nSPS) is 14.6. The Balaban J connectivity index is 4.08. The van der Waals surface area contributed by atoms with Crippen molar-refractivity contribution in [3.8, 4) is 0 Å². The monoisotopic (exact) mass is 177 g/mol. The van der Waals surface area contributed by atoms with Crippen LogP contribution in [0.4, 0.5) is 0 Å². The van der Waals surface area contributed by atoms with Crippen LogP contribution in [0.1, 0.15) is 6.92 Å². The largest absolute Gasteiger partial charge is 0.364 e. The van der Waals surface area contributed by atoms with Crippen molar-refractivity contribution in [1.82, 2.24) is 0 Å². The van der Waals surface area contributed by atoms with Crippen molar-refractivity contribution >= 4 is 11.8 Å². The maximum atomic E-state index is 9.80. The van der Waals surface area contributed by atoms with Gasteiger partial charge in [0.05, 0.1) is 11.1 Å². The SMILES string of the molecule is CCS/C(=C\N=O)C(O)OC. The fourth-order valence-corrected chi connectivity index (χ4v) is 1.20. The second kappa shape index (κ2) is 6.33. The molecule has 0 radical (unpaired) electrons. The molecular weight excluding hydrogens is 166 g/mol. The summed E-state index contributed by atoms with van der Waals surface area (Å²) >= 11 is 1.33. The third-order valence-electron chi connectivity index (χ3n) is 0.958. The van der Waals surface area contributed by atoms with E-state index in [2.05, 4.69) is 9.91 Å².